The lowest BCUT2D eigenvalue weighted by molar-refractivity contribution is -0.114. The average molecular weight is 482 g/mol. The summed E-state index contributed by atoms with van der Waals surface area (Å²) in [6.07, 6.45) is 2.40. The molecular weight excluding hydrogens is 454 g/mol. The molecule has 6 nitrogen and oxygen atoms in total. The lowest BCUT2D eigenvalue weighted by Crippen LogP contribution is -2.35. The van der Waals surface area contributed by atoms with Gasteiger partial charge in [-0.2, -0.15) is 15.1 Å². The molecular formula is C28H27N5OS. The highest BCUT2D eigenvalue weighted by Crippen LogP contribution is 2.31. The average Bonchev–Trinajstić information content (AvgIpc) is 3.36. The summed E-state index contributed by atoms with van der Waals surface area (Å²) < 4.78 is 2.17. The highest BCUT2D eigenvalue weighted by Gasteiger charge is 2.35. The van der Waals surface area contributed by atoms with Gasteiger partial charge in [0.15, 0.2) is 5.84 Å². The molecule has 0 atom stereocenters. The Morgan fingerprint density at radius 2 is 1.77 bits per heavy atom. The zero-order chi connectivity index (χ0) is 24.7. The molecule has 0 unspecified atom stereocenters. The molecule has 0 radical (unpaired) electrons. The van der Waals surface area contributed by atoms with Crippen molar-refractivity contribution in [2.24, 2.45) is 10.1 Å². The van der Waals surface area contributed by atoms with Gasteiger partial charge >= 0.3 is 0 Å². The van der Waals surface area contributed by atoms with Crippen molar-refractivity contribution in [3.8, 4) is 5.69 Å². The third-order valence-electron chi connectivity index (χ3n) is 6.28. The molecule has 2 aliphatic heterocycles. The Hall–Kier alpha value is -3.71. The number of hydrogen-bond acceptors (Lipinski definition) is 4. The number of carbonyl (C=O) groups excluding carboxylic acids is 1. The molecule has 7 heteroatoms. The molecule has 5 rings (SSSR count). The summed E-state index contributed by atoms with van der Waals surface area (Å²) in [5, 5.41) is 16.0. The number of benzene rings is 2. The number of carbonyl (C=O) groups is 1. The monoisotopic (exact) mass is 481 g/mol. The van der Waals surface area contributed by atoms with Gasteiger partial charge < -0.3 is 4.57 Å². The van der Waals surface area contributed by atoms with Crippen molar-refractivity contribution in [3.05, 3.63) is 94.3 Å². The Kier molecular flexibility index (Phi) is 6.03. The lowest BCUT2D eigenvalue weighted by atomic mass is 10.0. The molecule has 1 N–H and O–H groups in total. The molecule has 1 aromatic heterocycles. The van der Waals surface area contributed by atoms with Crippen molar-refractivity contribution in [1.82, 2.24) is 9.58 Å². The van der Waals surface area contributed by atoms with Crippen LogP contribution in [-0.4, -0.2) is 31.5 Å². The predicted molar refractivity (Wildman–Crippen MR) is 144 cm³/mol. The van der Waals surface area contributed by atoms with Gasteiger partial charge in [-0.3, -0.25) is 10.2 Å². The van der Waals surface area contributed by atoms with E-state index in [1.807, 2.05) is 50.2 Å². The van der Waals surface area contributed by atoms with Crippen molar-refractivity contribution in [2.75, 3.05) is 0 Å². The number of hydrogen-bond donors (Lipinski definition) is 1. The number of fused-ring (bicyclic) bond motifs is 1. The molecule has 0 bridgehead atoms. The van der Waals surface area contributed by atoms with Crippen LogP contribution in [0.2, 0.25) is 0 Å². The SMILES string of the molecule is Cc1cc(/C=C2/C(=N)N3N=C(Cc4ccccc4)SC3=NC2=O)c(C)n1-c1ccc(C(C)C)cc1. The summed E-state index contributed by atoms with van der Waals surface area (Å²) >= 11 is 1.35. The first-order chi connectivity index (χ1) is 16.8. The van der Waals surface area contributed by atoms with Crippen molar-refractivity contribution in [2.45, 2.75) is 40.0 Å². The van der Waals surface area contributed by atoms with E-state index in [1.54, 1.807) is 6.08 Å². The van der Waals surface area contributed by atoms with Gasteiger partial charge in [-0.1, -0.05) is 56.3 Å². The van der Waals surface area contributed by atoms with E-state index in [0.29, 0.717) is 17.5 Å². The molecule has 176 valence electrons. The second-order valence-corrected chi connectivity index (χ2v) is 10.1. The highest BCUT2D eigenvalue weighted by molar-refractivity contribution is 8.26. The molecule has 0 spiro atoms. The molecule has 0 aliphatic carbocycles. The van der Waals surface area contributed by atoms with E-state index >= 15 is 0 Å². The summed E-state index contributed by atoms with van der Waals surface area (Å²) in [5.74, 6) is 0.127. The Morgan fingerprint density at radius 3 is 2.46 bits per heavy atom. The minimum Gasteiger partial charge on any atom is -0.318 e. The lowest BCUT2D eigenvalue weighted by Gasteiger charge is -2.20. The van der Waals surface area contributed by atoms with Crippen LogP contribution in [0, 0.1) is 19.3 Å². The van der Waals surface area contributed by atoms with E-state index in [2.05, 4.69) is 52.8 Å². The number of amides is 1. The van der Waals surface area contributed by atoms with Crippen LogP contribution in [-0.2, 0) is 11.2 Å². The van der Waals surface area contributed by atoms with Gasteiger partial charge in [0.2, 0.25) is 5.17 Å². The maximum atomic E-state index is 12.9. The zero-order valence-corrected chi connectivity index (χ0v) is 21.1. The zero-order valence-electron chi connectivity index (χ0n) is 20.2. The van der Waals surface area contributed by atoms with Crippen LogP contribution in [0.5, 0.6) is 0 Å². The minimum absolute atomic E-state index is 0.0571. The van der Waals surface area contributed by atoms with Crippen LogP contribution < -0.4 is 0 Å². The number of aryl methyl sites for hydroxylation is 1. The maximum absolute atomic E-state index is 12.9. The van der Waals surface area contributed by atoms with E-state index < -0.39 is 5.91 Å². The topological polar surface area (TPSA) is 73.8 Å². The van der Waals surface area contributed by atoms with Gasteiger partial charge in [-0.05, 0) is 72.5 Å². The van der Waals surface area contributed by atoms with E-state index in [9.17, 15) is 4.79 Å². The van der Waals surface area contributed by atoms with Gasteiger partial charge in [0.1, 0.15) is 5.04 Å². The minimum atomic E-state index is -0.406. The van der Waals surface area contributed by atoms with E-state index in [4.69, 9.17) is 5.41 Å². The first-order valence-electron chi connectivity index (χ1n) is 11.6. The van der Waals surface area contributed by atoms with E-state index in [0.717, 1.165) is 33.2 Å². The number of nitrogens with zero attached hydrogens (tertiary/aromatic N) is 4. The smallest absolute Gasteiger partial charge is 0.283 e. The van der Waals surface area contributed by atoms with Gasteiger partial charge in [0, 0.05) is 23.5 Å². The van der Waals surface area contributed by atoms with Gasteiger partial charge in [-0.25, -0.2) is 0 Å². The summed E-state index contributed by atoms with van der Waals surface area (Å²) in [4.78, 5) is 17.1. The molecule has 3 heterocycles. The molecule has 35 heavy (non-hydrogen) atoms. The fourth-order valence-corrected chi connectivity index (χ4v) is 5.29. The van der Waals surface area contributed by atoms with Crippen LogP contribution in [0.15, 0.2) is 76.3 Å². The van der Waals surface area contributed by atoms with E-state index in [1.165, 1.54) is 22.3 Å². The standard InChI is InChI=1S/C28H27N5OS/c1-17(2)21-10-12-23(13-11-21)32-18(3)14-22(19(32)4)16-24-26(29)33-28(30-27(24)34)35-25(31-33)15-20-8-6-5-7-9-20/h5-14,16-17,29H,15H2,1-4H3/b24-16-,29-26?. The fourth-order valence-electron chi connectivity index (χ4n) is 4.37. The van der Waals surface area contributed by atoms with Crippen LogP contribution >= 0.6 is 11.8 Å². The molecule has 2 aromatic carbocycles. The molecule has 0 saturated heterocycles. The number of thioether (sulfide) groups is 1. The molecule has 2 aliphatic rings. The van der Waals surface area contributed by atoms with Crippen molar-refractivity contribution in [1.29, 1.82) is 5.41 Å². The predicted octanol–water partition coefficient (Wildman–Crippen LogP) is 6.08. The number of rotatable bonds is 5. The van der Waals surface area contributed by atoms with Crippen molar-refractivity contribution in [3.63, 3.8) is 0 Å². The van der Waals surface area contributed by atoms with Crippen molar-refractivity contribution >= 4 is 39.8 Å². The Balaban J connectivity index is 1.44. The fraction of sp³-hybridized carbons (Fsp3) is 0.214. The Labute approximate surface area is 209 Å². The first kappa shape index (κ1) is 23.1. The van der Waals surface area contributed by atoms with Gasteiger partial charge in [0.05, 0.1) is 5.57 Å². The van der Waals surface area contributed by atoms with Gasteiger partial charge in [-0.15, -0.1) is 0 Å². The molecule has 1 amide bonds. The van der Waals surface area contributed by atoms with E-state index in [-0.39, 0.29) is 11.4 Å². The van der Waals surface area contributed by atoms with Crippen LogP contribution in [0.25, 0.3) is 11.8 Å². The number of aromatic nitrogens is 1. The first-order valence-corrected chi connectivity index (χ1v) is 12.5. The van der Waals surface area contributed by atoms with Crippen molar-refractivity contribution < 1.29 is 4.79 Å². The maximum Gasteiger partial charge on any atom is 0.283 e. The second-order valence-electron chi connectivity index (χ2n) is 9.08. The number of amidine groups is 2. The largest absolute Gasteiger partial charge is 0.318 e. The second kappa shape index (κ2) is 9.15. The number of aliphatic imine (C=N–C) groups is 1. The number of hydrazone groups is 1. The third-order valence-corrected chi connectivity index (χ3v) is 7.19. The van der Waals surface area contributed by atoms with Crippen LogP contribution in [0.3, 0.4) is 0 Å². The normalized spacial score (nSPS) is 16.7. The Morgan fingerprint density at radius 1 is 1.06 bits per heavy atom. The summed E-state index contributed by atoms with van der Waals surface area (Å²) in [6.45, 7) is 8.45. The summed E-state index contributed by atoms with van der Waals surface area (Å²) in [7, 11) is 0. The molecule has 3 aromatic rings. The van der Waals surface area contributed by atoms with Crippen LogP contribution in [0.1, 0.15) is 47.8 Å². The van der Waals surface area contributed by atoms with Crippen LogP contribution in [0.4, 0.5) is 0 Å². The Bertz CT molecular complexity index is 1410. The summed E-state index contributed by atoms with van der Waals surface area (Å²) in [5.41, 5.74) is 6.70. The molecule has 0 saturated carbocycles. The van der Waals surface area contributed by atoms with Gasteiger partial charge in [0.25, 0.3) is 5.91 Å². The summed E-state index contributed by atoms with van der Waals surface area (Å²) in [6, 6.07) is 20.6. The third kappa shape index (κ3) is 4.39. The quantitative estimate of drug-likeness (QED) is 0.449. The number of nitrogens with one attached hydrogen (secondary N) is 1. The molecule has 0 fully saturated rings. The highest BCUT2D eigenvalue weighted by atomic mass is 32.2.